The normalized spacial score (nSPS) is 17.9. The topological polar surface area (TPSA) is 79.5 Å². The van der Waals surface area contributed by atoms with Crippen molar-refractivity contribution >= 4 is 23.2 Å². The molecule has 3 rings (SSSR count). The summed E-state index contributed by atoms with van der Waals surface area (Å²) >= 11 is 0. The van der Waals surface area contributed by atoms with Crippen molar-refractivity contribution in [2.24, 2.45) is 0 Å². The Kier molecular flexibility index (Phi) is 8.04. The van der Waals surface area contributed by atoms with E-state index in [0.717, 1.165) is 18.6 Å². The number of amides is 2. The lowest BCUT2D eigenvalue weighted by Gasteiger charge is -2.22. The Labute approximate surface area is 179 Å². The van der Waals surface area contributed by atoms with Gasteiger partial charge in [0.15, 0.2) is 0 Å². The first kappa shape index (κ1) is 24.2. The maximum atomic E-state index is 12.7. The van der Waals surface area contributed by atoms with Gasteiger partial charge in [-0.1, -0.05) is 26.0 Å². The van der Waals surface area contributed by atoms with E-state index in [1.165, 1.54) is 18.2 Å². The molecule has 0 aliphatic carbocycles. The molecule has 168 valence electrons. The van der Waals surface area contributed by atoms with Crippen molar-refractivity contribution in [1.82, 2.24) is 10.9 Å². The monoisotopic (exact) mass is 437 g/mol. The fourth-order valence-corrected chi connectivity index (χ4v) is 2.96. The van der Waals surface area contributed by atoms with Gasteiger partial charge in [0.25, 0.3) is 11.8 Å². The highest BCUT2D eigenvalue weighted by Gasteiger charge is 2.38. The molecule has 0 saturated carbocycles. The van der Waals surface area contributed by atoms with Crippen LogP contribution in [0.25, 0.3) is 0 Å². The molecule has 0 aromatic heterocycles. The third-order valence-electron chi connectivity index (χ3n) is 4.65. The van der Waals surface area contributed by atoms with Gasteiger partial charge in [-0.3, -0.25) is 20.4 Å². The maximum Gasteiger partial charge on any atom is 0.416 e. The number of hydrogen-bond acceptors (Lipinski definition) is 4. The van der Waals surface area contributed by atoms with Gasteiger partial charge in [-0.15, -0.1) is 0 Å². The van der Waals surface area contributed by atoms with Crippen LogP contribution in [0.2, 0.25) is 0 Å². The summed E-state index contributed by atoms with van der Waals surface area (Å²) in [6, 6.07) is 10.9. The number of benzene rings is 2. The minimum Gasteiger partial charge on any atom is -0.365 e. The van der Waals surface area contributed by atoms with Crippen molar-refractivity contribution in [2.75, 3.05) is 11.9 Å². The van der Waals surface area contributed by atoms with Gasteiger partial charge >= 0.3 is 6.18 Å². The Bertz CT molecular complexity index is 893. The summed E-state index contributed by atoms with van der Waals surface area (Å²) in [5, 5.41) is 2.92. The lowest BCUT2D eigenvalue weighted by molar-refractivity contribution is -0.140. The minimum absolute atomic E-state index is 0.213. The van der Waals surface area contributed by atoms with Crippen LogP contribution < -0.4 is 16.2 Å². The van der Waals surface area contributed by atoms with Gasteiger partial charge in [-0.25, -0.2) is 0 Å². The molecule has 1 fully saturated rings. The van der Waals surface area contributed by atoms with Gasteiger partial charge in [-0.2, -0.15) is 13.2 Å². The fraction of sp³-hybridized carbons (Fsp3) is 0.364. The highest BCUT2D eigenvalue weighted by atomic mass is 19.4. The van der Waals surface area contributed by atoms with Crippen LogP contribution in [0.5, 0.6) is 0 Å². The first-order chi connectivity index (χ1) is 14.7. The average molecular weight is 437 g/mol. The first-order valence-electron chi connectivity index (χ1n) is 9.97. The van der Waals surface area contributed by atoms with E-state index in [4.69, 9.17) is 4.74 Å². The Morgan fingerprint density at radius 2 is 1.65 bits per heavy atom. The van der Waals surface area contributed by atoms with Gasteiger partial charge in [0.05, 0.1) is 16.8 Å². The molecular weight excluding hydrogens is 411 g/mol. The number of nitrogens with one attached hydrogen (secondary N) is 3. The zero-order chi connectivity index (χ0) is 23.1. The number of hydrogen-bond donors (Lipinski definition) is 3. The largest absolute Gasteiger partial charge is 0.416 e. The zero-order valence-corrected chi connectivity index (χ0v) is 17.6. The van der Waals surface area contributed by atoms with Crippen LogP contribution in [0.4, 0.5) is 24.5 Å². The number of alkyl halides is 3. The molecule has 6 nitrogen and oxygen atoms in total. The number of rotatable bonds is 4. The van der Waals surface area contributed by atoms with Gasteiger partial charge < -0.3 is 10.1 Å². The summed E-state index contributed by atoms with van der Waals surface area (Å²) in [5.41, 5.74) is 3.94. The number of halogens is 3. The van der Waals surface area contributed by atoms with Crippen molar-refractivity contribution in [3.8, 4) is 0 Å². The van der Waals surface area contributed by atoms with Crippen molar-refractivity contribution in [3.63, 3.8) is 0 Å². The van der Waals surface area contributed by atoms with Gasteiger partial charge in [0, 0.05) is 12.3 Å². The standard InChI is InChI=1S/C20H20F3N3O3.C2H6/c1-19(11-4-12-29-19)18(28)26-25-17(27)15-5-2-3-6-16(15)24-14-9-7-13(8-10-14)20(21,22)23;1-2/h2-3,5-10,24H,4,11-12H2,1H3,(H,25,27)(H,26,28);1-2H3. The Balaban J connectivity index is 0.00000166. The SMILES string of the molecule is CC.CC1(C(=O)NNC(=O)c2ccccc2Nc2ccc(C(F)(F)F)cc2)CCCO1. The van der Waals surface area contributed by atoms with Crippen LogP contribution in [-0.2, 0) is 15.7 Å². The van der Waals surface area contributed by atoms with Crippen molar-refractivity contribution in [1.29, 1.82) is 0 Å². The molecule has 2 aromatic carbocycles. The Morgan fingerprint density at radius 1 is 1.00 bits per heavy atom. The third-order valence-corrected chi connectivity index (χ3v) is 4.65. The summed E-state index contributed by atoms with van der Waals surface area (Å²) in [6.07, 6.45) is -3.10. The van der Waals surface area contributed by atoms with Crippen LogP contribution in [0, 0.1) is 0 Å². The highest BCUT2D eigenvalue weighted by molar-refractivity contribution is 6.01. The minimum atomic E-state index is -4.42. The van der Waals surface area contributed by atoms with Crippen molar-refractivity contribution < 1.29 is 27.5 Å². The lowest BCUT2D eigenvalue weighted by atomic mass is 10.0. The number of hydrazine groups is 1. The summed E-state index contributed by atoms with van der Waals surface area (Å²) in [5.74, 6) is -1.02. The second-order valence-electron chi connectivity index (χ2n) is 6.84. The van der Waals surface area contributed by atoms with Crippen molar-refractivity contribution in [2.45, 2.75) is 45.4 Å². The molecule has 9 heteroatoms. The van der Waals surface area contributed by atoms with Crippen LogP contribution >= 0.6 is 0 Å². The number of para-hydroxylation sites is 1. The Hall–Kier alpha value is -3.07. The van der Waals surface area contributed by atoms with E-state index >= 15 is 0 Å². The van der Waals surface area contributed by atoms with Crippen LogP contribution in [0.3, 0.4) is 0 Å². The molecular formula is C22H26F3N3O3. The molecule has 1 aliphatic heterocycles. The zero-order valence-electron chi connectivity index (χ0n) is 17.6. The number of anilines is 2. The van der Waals surface area contributed by atoms with Crippen LogP contribution in [-0.4, -0.2) is 24.0 Å². The van der Waals surface area contributed by atoms with E-state index in [1.807, 2.05) is 13.8 Å². The molecule has 2 aromatic rings. The third kappa shape index (κ3) is 6.21. The summed E-state index contributed by atoms with van der Waals surface area (Å²) in [7, 11) is 0. The smallest absolute Gasteiger partial charge is 0.365 e. The second-order valence-corrected chi connectivity index (χ2v) is 6.84. The van der Waals surface area contributed by atoms with Crippen molar-refractivity contribution in [3.05, 3.63) is 59.7 Å². The summed E-state index contributed by atoms with van der Waals surface area (Å²) in [6.45, 7) is 6.14. The maximum absolute atomic E-state index is 12.7. The first-order valence-corrected chi connectivity index (χ1v) is 9.97. The molecule has 2 amide bonds. The molecule has 3 N–H and O–H groups in total. The van der Waals surface area contributed by atoms with E-state index < -0.39 is 29.2 Å². The van der Waals surface area contributed by atoms with E-state index in [1.54, 1.807) is 25.1 Å². The van der Waals surface area contributed by atoms with E-state index in [9.17, 15) is 22.8 Å². The molecule has 1 unspecified atom stereocenters. The fourth-order valence-electron chi connectivity index (χ4n) is 2.96. The lowest BCUT2D eigenvalue weighted by Crippen LogP contribution is -2.51. The predicted octanol–water partition coefficient (Wildman–Crippen LogP) is 4.81. The predicted molar refractivity (Wildman–Crippen MR) is 112 cm³/mol. The molecule has 31 heavy (non-hydrogen) atoms. The van der Waals surface area contributed by atoms with E-state index in [-0.39, 0.29) is 5.56 Å². The molecule has 1 atom stereocenters. The summed E-state index contributed by atoms with van der Waals surface area (Å²) < 4.78 is 43.5. The Morgan fingerprint density at radius 3 is 2.23 bits per heavy atom. The average Bonchev–Trinajstić information content (AvgIpc) is 3.21. The number of carbonyl (C=O) groups is 2. The number of carbonyl (C=O) groups excluding carboxylic acids is 2. The molecule has 0 spiro atoms. The van der Waals surface area contributed by atoms with Crippen LogP contribution in [0.1, 0.15) is 49.5 Å². The summed E-state index contributed by atoms with van der Waals surface area (Å²) in [4.78, 5) is 24.7. The van der Waals surface area contributed by atoms with Crippen LogP contribution in [0.15, 0.2) is 48.5 Å². The number of ether oxygens (including phenoxy) is 1. The molecule has 1 heterocycles. The molecule has 1 saturated heterocycles. The molecule has 0 bridgehead atoms. The van der Waals surface area contributed by atoms with E-state index in [2.05, 4.69) is 16.2 Å². The highest BCUT2D eigenvalue weighted by Crippen LogP contribution is 2.31. The molecule has 0 radical (unpaired) electrons. The van der Waals surface area contributed by atoms with Gasteiger partial charge in [-0.05, 0) is 56.2 Å². The quantitative estimate of drug-likeness (QED) is 0.600. The second kappa shape index (κ2) is 10.3. The molecule has 1 aliphatic rings. The van der Waals surface area contributed by atoms with Gasteiger partial charge in [0.2, 0.25) is 0 Å². The van der Waals surface area contributed by atoms with E-state index in [0.29, 0.717) is 24.4 Å². The van der Waals surface area contributed by atoms with Gasteiger partial charge in [0.1, 0.15) is 5.60 Å².